The lowest BCUT2D eigenvalue weighted by Crippen LogP contribution is -2.35. The number of carbonyl (C=O) groups excluding carboxylic acids is 1. The standard InChI is InChI=1S/C15H19BrN2O3/c1-7-3-9(4-8(2)20-7)21-13-6-12-10(5-11(13)16)14(17)15(19)18-12/h5-9,14H,3-4,17H2,1-2H3,(H,18,19). The summed E-state index contributed by atoms with van der Waals surface area (Å²) in [6.45, 7) is 4.12. The number of ether oxygens (including phenoxy) is 2. The molecule has 2 heterocycles. The smallest absolute Gasteiger partial charge is 0.245 e. The molecule has 6 heteroatoms. The highest BCUT2D eigenvalue weighted by Gasteiger charge is 2.30. The van der Waals surface area contributed by atoms with E-state index in [2.05, 4.69) is 35.1 Å². The van der Waals surface area contributed by atoms with Crippen molar-refractivity contribution in [2.45, 2.75) is 51.0 Å². The van der Waals surface area contributed by atoms with Gasteiger partial charge in [-0.05, 0) is 35.8 Å². The van der Waals surface area contributed by atoms with E-state index >= 15 is 0 Å². The lowest BCUT2D eigenvalue weighted by molar-refractivity contribution is -0.116. The van der Waals surface area contributed by atoms with Crippen LogP contribution >= 0.6 is 15.9 Å². The summed E-state index contributed by atoms with van der Waals surface area (Å²) in [5, 5.41) is 2.78. The molecule has 1 aromatic rings. The second-order valence-corrected chi connectivity index (χ2v) is 6.66. The fourth-order valence-electron chi connectivity index (χ4n) is 3.00. The molecule has 0 bridgehead atoms. The van der Waals surface area contributed by atoms with Crippen LogP contribution in [0.3, 0.4) is 0 Å². The maximum absolute atomic E-state index is 11.6. The number of fused-ring (bicyclic) bond motifs is 1. The van der Waals surface area contributed by atoms with E-state index in [0.717, 1.165) is 34.3 Å². The van der Waals surface area contributed by atoms with Gasteiger partial charge in [0.25, 0.3) is 0 Å². The minimum absolute atomic E-state index is 0.115. The highest BCUT2D eigenvalue weighted by molar-refractivity contribution is 9.10. The summed E-state index contributed by atoms with van der Waals surface area (Å²) in [6.07, 6.45) is 2.23. The molecule has 3 unspecified atom stereocenters. The molecule has 0 aliphatic carbocycles. The zero-order valence-corrected chi connectivity index (χ0v) is 13.6. The number of nitrogens with two attached hydrogens (primary N) is 1. The van der Waals surface area contributed by atoms with Crippen molar-refractivity contribution in [3.8, 4) is 5.75 Å². The fourth-order valence-corrected chi connectivity index (χ4v) is 3.45. The molecule has 1 amide bonds. The predicted octanol–water partition coefficient (Wildman–Crippen LogP) is 2.74. The Morgan fingerprint density at radius 2 is 2.00 bits per heavy atom. The van der Waals surface area contributed by atoms with Crippen LogP contribution in [0.1, 0.15) is 38.3 Å². The van der Waals surface area contributed by atoms with Crippen LogP contribution in [0, 0.1) is 0 Å². The summed E-state index contributed by atoms with van der Waals surface area (Å²) >= 11 is 3.50. The maximum Gasteiger partial charge on any atom is 0.245 e. The van der Waals surface area contributed by atoms with Gasteiger partial charge in [0.1, 0.15) is 17.9 Å². The molecule has 3 atom stereocenters. The zero-order valence-electron chi connectivity index (χ0n) is 12.1. The van der Waals surface area contributed by atoms with Gasteiger partial charge in [-0.1, -0.05) is 0 Å². The minimum Gasteiger partial charge on any atom is -0.489 e. The number of carbonyl (C=O) groups is 1. The molecule has 2 aliphatic rings. The van der Waals surface area contributed by atoms with Crippen LogP contribution in [0.4, 0.5) is 5.69 Å². The van der Waals surface area contributed by atoms with Crippen LogP contribution in [0.2, 0.25) is 0 Å². The van der Waals surface area contributed by atoms with E-state index in [1.165, 1.54) is 0 Å². The van der Waals surface area contributed by atoms with Crippen molar-refractivity contribution in [3.63, 3.8) is 0 Å². The highest BCUT2D eigenvalue weighted by atomic mass is 79.9. The Balaban J connectivity index is 1.81. The molecular weight excluding hydrogens is 336 g/mol. The second-order valence-electron chi connectivity index (χ2n) is 5.81. The van der Waals surface area contributed by atoms with Crippen molar-refractivity contribution in [3.05, 3.63) is 22.2 Å². The molecule has 1 aromatic carbocycles. The number of amides is 1. The fraction of sp³-hybridized carbons (Fsp3) is 0.533. The van der Waals surface area contributed by atoms with Crippen LogP contribution in [-0.4, -0.2) is 24.2 Å². The van der Waals surface area contributed by atoms with E-state index in [-0.39, 0.29) is 24.2 Å². The number of nitrogens with one attached hydrogen (secondary N) is 1. The molecule has 5 nitrogen and oxygen atoms in total. The van der Waals surface area contributed by atoms with Crippen molar-refractivity contribution < 1.29 is 14.3 Å². The molecule has 0 spiro atoms. The quantitative estimate of drug-likeness (QED) is 0.856. The SMILES string of the molecule is CC1CC(Oc2cc3c(cc2Br)C(N)C(=O)N3)CC(C)O1. The second kappa shape index (κ2) is 5.59. The molecule has 1 fully saturated rings. The summed E-state index contributed by atoms with van der Waals surface area (Å²) in [6, 6.07) is 3.10. The van der Waals surface area contributed by atoms with Crippen LogP contribution < -0.4 is 15.8 Å². The number of benzene rings is 1. The average Bonchev–Trinajstić information content (AvgIpc) is 2.65. The highest BCUT2D eigenvalue weighted by Crippen LogP contribution is 2.39. The number of anilines is 1. The minimum atomic E-state index is -0.603. The van der Waals surface area contributed by atoms with Gasteiger partial charge in [-0.15, -0.1) is 0 Å². The van der Waals surface area contributed by atoms with Crippen molar-refractivity contribution >= 4 is 27.5 Å². The molecule has 0 saturated carbocycles. The molecule has 1 saturated heterocycles. The van der Waals surface area contributed by atoms with Gasteiger partial charge >= 0.3 is 0 Å². The third kappa shape index (κ3) is 2.93. The predicted molar refractivity (Wildman–Crippen MR) is 83.4 cm³/mol. The summed E-state index contributed by atoms with van der Waals surface area (Å²) in [5.74, 6) is 0.553. The van der Waals surface area contributed by atoms with Gasteiger partial charge in [0.05, 0.1) is 16.7 Å². The Morgan fingerprint density at radius 1 is 1.33 bits per heavy atom. The molecule has 0 aromatic heterocycles. The third-order valence-corrected chi connectivity index (χ3v) is 4.55. The average molecular weight is 355 g/mol. The van der Waals surface area contributed by atoms with E-state index in [1.54, 1.807) is 0 Å². The first-order valence-electron chi connectivity index (χ1n) is 7.16. The molecule has 3 rings (SSSR count). The van der Waals surface area contributed by atoms with Gasteiger partial charge < -0.3 is 20.5 Å². The van der Waals surface area contributed by atoms with Crippen molar-refractivity contribution in [2.24, 2.45) is 5.73 Å². The largest absolute Gasteiger partial charge is 0.489 e. The van der Waals surface area contributed by atoms with E-state index in [4.69, 9.17) is 15.2 Å². The Labute approximate surface area is 132 Å². The Hall–Kier alpha value is -1.11. The van der Waals surface area contributed by atoms with E-state index in [9.17, 15) is 4.79 Å². The van der Waals surface area contributed by atoms with E-state index in [0.29, 0.717) is 0 Å². The Morgan fingerprint density at radius 3 is 2.67 bits per heavy atom. The molecule has 114 valence electrons. The Bertz CT molecular complexity index is 568. The monoisotopic (exact) mass is 354 g/mol. The molecule has 3 N–H and O–H groups in total. The number of hydrogen-bond acceptors (Lipinski definition) is 4. The van der Waals surface area contributed by atoms with Gasteiger partial charge in [-0.3, -0.25) is 4.79 Å². The Kier molecular flexibility index (Phi) is 3.94. The number of halogens is 1. The normalized spacial score (nSPS) is 31.7. The van der Waals surface area contributed by atoms with Crippen molar-refractivity contribution in [1.82, 2.24) is 0 Å². The van der Waals surface area contributed by atoms with Crippen LogP contribution in [0.5, 0.6) is 5.75 Å². The number of rotatable bonds is 2. The van der Waals surface area contributed by atoms with E-state index < -0.39 is 6.04 Å². The zero-order chi connectivity index (χ0) is 15.1. The molecular formula is C15H19BrN2O3. The summed E-state index contributed by atoms with van der Waals surface area (Å²) in [5.41, 5.74) is 7.37. The maximum atomic E-state index is 11.6. The topological polar surface area (TPSA) is 73.6 Å². The van der Waals surface area contributed by atoms with Crippen LogP contribution in [0.25, 0.3) is 0 Å². The summed E-state index contributed by atoms with van der Waals surface area (Å²) in [7, 11) is 0. The van der Waals surface area contributed by atoms with Gasteiger partial charge in [0.15, 0.2) is 0 Å². The van der Waals surface area contributed by atoms with E-state index in [1.807, 2.05) is 12.1 Å². The van der Waals surface area contributed by atoms with Crippen LogP contribution in [0.15, 0.2) is 16.6 Å². The van der Waals surface area contributed by atoms with Crippen LogP contribution in [-0.2, 0) is 9.53 Å². The van der Waals surface area contributed by atoms with Gasteiger partial charge in [0.2, 0.25) is 5.91 Å². The lowest BCUT2D eigenvalue weighted by atomic mass is 10.0. The van der Waals surface area contributed by atoms with Gasteiger partial charge in [0, 0.05) is 30.2 Å². The first kappa shape index (κ1) is 14.8. The number of hydrogen-bond donors (Lipinski definition) is 2. The third-order valence-electron chi connectivity index (χ3n) is 3.93. The first-order valence-corrected chi connectivity index (χ1v) is 7.95. The molecule has 21 heavy (non-hydrogen) atoms. The lowest BCUT2D eigenvalue weighted by Gasteiger charge is -2.32. The summed E-state index contributed by atoms with van der Waals surface area (Å²) < 4.78 is 12.6. The van der Waals surface area contributed by atoms with Gasteiger partial charge in [-0.25, -0.2) is 0 Å². The molecule has 0 radical (unpaired) electrons. The summed E-state index contributed by atoms with van der Waals surface area (Å²) in [4.78, 5) is 11.6. The molecule has 2 aliphatic heterocycles. The van der Waals surface area contributed by atoms with Crippen molar-refractivity contribution in [1.29, 1.82) is 0 Å². The first-order chi connectivity index (χ1) is 9.94. The van der Waals surface area contributed by atoms with Gasteiger partial charge in [-0.2, -0.15) is 0 Å². The van der Waals surface area contributed by atoms with Crippen molar-refractivity contribution in [2.75, 3.05) is 5.32 Å².